The van der Waals surface area contributed by atoms with Gasteiger partial charge in [0.05, 0.1) is 0 Å². The maximum Gasteiger partial charge on any atom is 0.155 e. The van der Waals surface area contributed by atoms with Gasteiger partial charge in [0.15, 0.2) is 5.78 Å². The fraction of sp³-hybridized carbons (Fsp3) is 0.759. The largest absolute Gasteiger partial charge is 0.295 e. The average Bonchev–Trinajstić information content (AvgIpc) is 2.71. The number of allylic oxidation sites excluding steroid dienone is 6. The maximum atomic E-state index is 12.1. The van der Waals surface area contributed by atoms with Gasteiger partial charge in [-0.3, -0.25) is 4.79 Å². The van der Waals surface area contributed by atoms with Crippen LogP contribution in [0.2, 0.25) is 0 Å². The first kappa shape index (κ1) is 22.1. The monoisotopic (exact) mass is 408 g/mol. The maximum absolute atomic E-state index is 12.1. The lowest BCUT2D eigenvalue weighted by Gasteiger charge is -2.59. The molecule has 0 aromatic heterocycles. The van der Waals surface area contributed by atoms with E-state index < -0.39 is 0 Å². The van der Waals surface area contributed by atoms with Crippen LogP contribution < -0.4 is 0 Å². The van der Waals surface area contributed by atoms with Gasteiger partial charge in [0.25, 0.3) is 0 Å². The molecule has 2 saturated carbocycles. The highest BCUT2D eigenvalue weighted by Crippen LogP contribution is 2.64. The molecule has 0 radical (unpaired) electrons. The van der Waals surface area contributed by atoms with Crippen LogP contribution in [0.1, 0.15) is 92.9 Å². The summed E-state index contributed by atoms with van der Waals surface area (Å²) >= 11 is 0. The van der Waals surface area contributed by atoms with E-state index in [2.05, 4.69) is 59.8 Å². The van der Waals surface area contributed by atoms with E-state index in [4.69, 9.17) is 0 Å². The van der Waals surface area contributed by atoms with Crippen LogP contribution in [0.15, 0.2) is 35.5 Å². The lowest BCUT2D eigenvalue weighted by Crippen LogP contribution is -2.50. The highest BCUT2D eigenvalue weighted by atomic mass is 16.1. The van der Waals surface area contributed by atoms with Crippen molar-refractivity contribution in [2.75, 3.05) is 0 Å². The Morgan fingerprint density at radius 1 is 1.00 bits per heavy atom. The Morgan fingerprint density at radius 3 is 2.50 bits per heavy atom. The van der Waals surface area contributed by atoms with E-state index in [1.165, 1.54) is 37.7 Å². The van der Waals surface area contributed by atoms with E-state index in [0.717, 1.165) is 37.0 Å². The van der Waals surface area contributed by atoms with Gasteiger partial charge in [-0.2, -0.15) is 0 Å². The molecule has 1 heteroatoms. The summed E-state index contributed by atoms with van der Waals surface area (Å²) in [6, 6.07) is 0. The summed E-state index contributed by atoms with van der Waals surface area (Å²) in [6.07, 6.45) is 19.3. The molecule has 0 N–H and O–H groups in total. The van der Waals surface area contributed by atoms with Gasteiger partial charge in [-0.25, -0.2) is 0 Å². The zero-order chi connectivity index (χ0) is 21.7. The van der Waals surface area contributed by atoms with Crippen molar-refractivity contribution >= 4 is 5.78 Å². The van der Waals surface area contributed by atoms with Gasteiger partial charge in [-0.05, 0) is 90.9 Å². The van der Waals surface area contributed by atoms with Crippen LogP contribution in [0.5, 0.6) is 0 Å². The first-order valence-electron chi connectivity index (χ1n) is 12.8. The molecule has 30 heavy (non-hydrogen) atoms. The quantitative estimate of drug-likeness (QED) is 0.432. The summed E-state index contributed by atoms with van der Waals surface area (Å²) in [7, 11) is 0. The number of fused-ring (bicyclic) bond motifs is 5. The van der Waals surface area contributed by atoms with Crippen LogP contribution in [-0.2, 0) is 4.79 Å². The van der Waals surface area contributed by atoms with E-state index in [9.17, 15) is 4.79 Å². The van der Waals surface area contributed by atoms with Crippen molar-refractivity contribution in [1.82, 2.24) is 0 Å². The molecule has 4 rings (SSSR count). The molecule has 0 heterocycles. The van der Waals surface area contributed by atoms with Crippen molar-refractivity contribution in [3.05, 3.63) is 35.5 Å². The Morgan fingerprint density at radius 2 is 1.77 bits per heavy atom. The third-order valence-electron chi connectivity index (χ3n) is 10.1. The van der Waals surface area contributed by atoms with E-state index in [1.807, 2.05) is 6.08 Å². The SMILES string of the molecule is CC(C)C(C)/C=C/C(C)C1CCCC2C3=CCC4=CC(=O)CCC4(C)C3CCC21C. The number of hydrogen-bond acceptors (Lipinski definition) is 1. The van der Waals surface area contributed by atoms with Crippen LogP contribution >= 0.6 is 0 Å². The van der Waals surface area contributed by atoms with Crippen molar-refractivity contribution in [1.29, 1.82) is 0 Å². The lowest BCUT2D eigenvalue weighted by atomic mass is 9.45. The second kappa shape index (κ2) is 8.10. The molecule has 0 aliphatic heterocycles. The summed E-state index contributed by atoms with van der Waals surface area (Å²) < 4.78 is 0. The molecule has 166 valence electrons. The van der Waals surface area contributed by atoms with Gasteiger partial charge in [0.2, 0.25) is 0 Å². The summed E-state index contributed by atoms with van der Waals surface area (Å²) in [5.41, 5.74) is 3.90. The summed E-state index contributed by atoms with van der Waals surface area (Å²) in [5, 5.41) is 0. The first-order valence-corrected chi connectivity index (χ1v) is 12.8. The van der Waals surface area contributed by atoms with Gasteiger partial charge in [-0.15, -0.1) is 0 Å². The summed E-state index contributed by atoms with van der Waals surface area (Å²) in [6.45, 7) is 14.6. The minimum absolute atomic E-state index is 0.241. The van der Waals surface area contributed by atoms with Crippen molar-refractivity contribution in [2.24, 2.45) is 46.3 Å². The van der Waals surface area contributed by atoms with Gasteiger partial charge in [-0.1, -0.05) is 77.3 Å². The summed E-state index contributed by atoms with van der Waals surface area (Å²) in [4.78, 5) is 12.1. The van der Waals surface area contributed by atoms with Gasteiger partial charge < -0.3 is 0 Å². The minimum atomic E-state index is 0.241. The number of carbonyl (C=O) groups excluding carboxylic acids is 1. The van der Waals surface area contributed by atoms with Crippen molar-refractivity contribution in [3.63, 3.8) is 0 Å². The third kappa shape index (κ3) is 3.59. The molecule has 4 aliphatic carbocycles. The number of carbonyl (C=O) groups is 1. The van der Waals surface area contributed by atoms with E-state index in [1.54, 1.807) is 5.57 Å². The average molecular weight is 409 g/mol. The molecule has 1 nitrogen and oxygen atoms in total. The number of rotatable bonds is 4. The Labute approximate surface area is 185 Å². The first-order chi connectivity index (χ1) is 14.2. The molecule has 7 atom stereocenters. The number of hydrogen-bond donors (Lipinski definition) is 0. The van der Waals surface area contributed by atoms with Gasteiger partial charge in [0.1, 0.15) is 0 Å². The normalized spacial score (nSPS) is 40.9. The zero-order valence-electron chi connectivity index (χ0n) is 20.3. The topological polar surface area (TPSA) is 17.1 Å². The Bertz CT molecular complexity index is 767. The molecule has 0 spiro atoms. The molecule has 0 bridgehead atoms. The van der Waals surface area contributed by atoms with E-state index in [-0.39, 0.29) is 5.41 Å². The second-order valence-corrected chi connectivity index (χ2v) is 12.0. The predicted octanol–water partition coefficient (Wildman–Crippen LogP) is 7.93. The van der Waals surface area contributed by atoms with Crippen LogP contribution in [0.4, 0.5) is 0 Å². The molecule has 0 saturated heterocycles. The molecule has 4 aliphatic rings. The zero-order valence-corrected chi connectivity index (χ0v) is 20.3. The Hall–Kier alpha value is -1.11. The fourth-order valence-corrected chi connectivity index (χ4v) is 7.67. The molecule has 2 fully saturated rings. The number of ketones is 1. The Kier molecular flexibility index (Phi) is 5.97. The fourth-order valence-electron chi connectivity index (χ4n) is 7.67. The Balaban J connectivity index is 1.60. The molecule has 0 aromatic rings. The lowest BCUT2D eigenvalue weighted by molar-refractivity contribution is -0.116. The third-order valence-corrected chi connectivity index (χ3v) is 10.1. The van der Waals surface area contributed by atoms with Crippen molar-refractivity contribution in [2.45, 2.75) is 92.9 Å². The highest BCUT2D eigenvalue weighted by Gasteiger charge is 2.55. The molecular weight excluding hydrogens is 364 g/mol. The van der Waals surface area contributed by atoms with Crippen LogP contribution in [0.3, 0.4) is 0 Å². The van der Waals surface area contributed by atoms with Crippen LogP contribution in [0, 0.1) is 46.3 Å². The predicted molar refractivity (Wildman–Crippen MR) is 127 cm³/mol. The van der Waals surface area contributed by atoms with Crippen molar-refractivity contribution < 1.29 is 4.79 Å². The standard InChI is InChI=1S/C29H44O/c1-19(2)20(3)10-11-21(4)25-8-7-9-26-24-13-12-22-18-23(30)14-16-28(22,5)27(24)15-17-29(25,26)6/h10-11,13,18-21,25-27H,7-9,12,14-17H2,1-6H3/b11-10+. The minimum Gasteiger partial charge on any atom is -0.295 e. The summed E-state index contributed by atoms with van der Waals surface area (Å²) in [5.74, 6) is 4.63. The van der Waals surface area contributed by atoms with Crippen molar-refractivity contribution in [3.8, 4) is 0 Å². The van der Waals surface area contributed by atoms with E-state index in [0.29, 0.717) is 29.0 Å². The molecule has 0 amide bonds. The van der Waals surface area contributed by atoms with E-state index >= 15 is 0 Å². The second-order valence-electron chi connectivity index (χ2n) is 12.0. The smallest absolute Gasteiger partial charge is 0.155 e. The van der Waals surface area contributed by atoms with Gasteiger partial charge in [0, 0.05) is 6.42 Å². The van der Waals surface area contributed by atoms with Crippen LogP contribution in [-0.4, -0.2) is 5.78 Å². The van der Waals surface area contributed by atoms with Gasteiger partial charge >= 0.3 is 0 Å². The molecule has 7 unspecified atom stereocenters. The molecule has 0 aromatic carbocycles. The highest BCUT2D eigenvalue weighted by molar-refractivity contribution is 5.91. The molecular formula is C29H44O. The van der Waals surface area contributed by atoms with Crippen LogP contribution in [0.25, 0.3) is 0 Å².